The fraction of sp³-hybridized carbons (Fsp3) is 0.217. The molecule has 150 valence electrons. The number of amides is 1. The second-order valence-corrected chi connectivity index (χ2v) is 8.30. The summed E-state index contributed by atoms with van der Waals surface area (Å²) in [6, 6.07) is 20.4. The van der Waals surface area contributed by atoms with Gasteiger partial charge in [-0.2, -0.15) is 5.10 Å². The molecule has 7 heteroatoms. The third-order valence-electron chi connectivity index (χ3n) is 5.17. The van der Waals surface area contributed by atoms with E-state index in [0.29, 0.717) is 18.3 Å². The Kier molecular flexibility index (Phi) is 5.19. The Morgan fingerprint density at radius 3 is 2.50 bits per heavy atom. The second kappa shape index (κ2) is 8.28. The van der Waals surface area contributed by atoms with Gasteiger partial charge in [-0.3, -0.25) is 4.79 Å². The third kappa shape index (κ3) is 3.93. The molecule has 1 aliphatic carbocycles. The summed E-state index contributed by atoms with van der Waals surface area (Å²) in [6.45, 7) is 0.663. The van der Waals surface area contributed by atoms with Gasteiger partial charge in [0, 0.05) is 12.6 Å². The van der Waals surface area contributed by atoms with Gasteiger partial charge in [-0.1, -0.05) is 60.3 Å². The molecule has 2 aromatic heterocycles. The summed E-state index contributed by atoms with van der Waals surface area (Å²) >= 11 is 1.45. The summed E-state index contributed by atoms with van der Waals surface area (Å²) in [7, 11) is 0. The van der Waals surface area contributed by atoms with Crippen LogP contribution in [0.5, 0.6) is 0 Å². The quantitative estimate of drug-likeness (QED) is 0.336. The van der Waals surface area contributed by atoms with Gasteiger partial charge in [-0.05, 0) is 30.5 Å². The highest BCUT2D eigenvalue weighted by molar-refractivity contribution is 8.00. The van der Waals surface area contributed by atoms with E-state index < -0.39 is 0 Å². The van der Waals surface area contributed by atoms with Crippen molar-refractivity contribution in [3.05, 3.63) is 78.8 Å². The first-order valence-corrected chi connectivity index (χ1v) is 11.0. The summed E-state index contributed by atoms with van der Waals surface area (Å²) in [4.78, 5) is 23.8. The molecule has 0 bridgehead atoms. The van der Waals surface area contributed by atoms with E-state index in [0.717, 1.165) is 40.2 Å². The molecule has 0 atom stereocenters. The number of benzene rings is 2. The second-order valence-electron chi connectivity index (χ2n) is 7.34. The van der Waals surface area contributed by atoms with Gasteiger partial charge in [-0.15, -0.1) is 0 Å². The minimum atomic E-state index is 0.147. The molecule has 2 aromatic carbocycles. The van der Waals surface area contributed by atoms with Crippen molar-refractivity contribution in [3.63, 3.8) is 0 Å². The number of fused-ring (bicyclic) bond motifs is 1. The number of thioether (sulfide) groups is 1. The maximum absolute atomic E-state index is 13.0. The first kappa shape index (κ1) is 18.8. The average Bonchev–Trinajstić information content (AvgIpc) is 3.55. The predicted octanol–water partition coefficient (Wildman–Crippen LogP) is 4.10. The van der Waals surface area contributed by atoms with E-state index in [1.807, 2.05) is 53.4 Å². The number of nitrogens with zero attached hydrogens (tertiary/aromatic N) is 5. The Balaban J connectivity index is 1.33. The van der Waals surface area contributed by atoms with E-state index in [4.69, 9.17) is 0 Å². The zero-order chi connectivity index (χ0) is 20.3. The van der Waals surface area contributed by atoms with Gasteiger partial charge in [0.25, 0.3) is 0 Å². The molecule has 0 radical (unpaired) electrons. The fourth-order valence-corrected chi connectivity index (χ4v) is 4.34. The molecular weight excluding hydrogens is 394 g/mol. The van der Waals surface area contributed by atoms with Crippen molar-refractivity contribution in [2.45, 2.75) is 30.5 Å². The molecule has 5 rings (SSSR count). The van der Waals surface area contributed by atoms with Gasteiger partial charge in [0.2, 0.25) is 5.91 Å². The smallest absolute Gasteiger partial charge is 0.233 e. The lowest BCUT2D eigenvalue weighted by molar-refractivity contribution is -0.129. The van der Waals surface area contributed by atoms with Gasteiger partial charge in [0.05, 0.1) is 23.0 Å². The number of carbonyl (C=O) groups excluding carboxylic acids is 1. The molecule has 1 fully saturated rings. The van der Waals surface area contributed by atoms with Gasteiger partial charge in [0.1, 0.15) is 11.4 Å². The van der Waals surface area contributed by atoms with Crippen LogP contribution in [-0.2, 0) is 11.3 Å². The molecule has 1 aliphatic rings. The average molecular weight is 416 g/mol. The highest BCUT2D eigenvalue weighted by Gasteiger charge is 2.32. The van der Waals surface area contributed by atoms with E-state index in [2.05, 4.69) is 27.2 Å². The van der Waals surface area contributed by atoms with Crippen molar-refractivity contribution in [2.24, 2.45) is 0 Å². The van der Waals surface area contributed by atoms with Crippen LogP contribution in [0.1, 0.15) is 18.4 Å². The van der Waals surface area contributed by atoms with Gasteiger partial charge < -0.3 is 4.90 Å². The molecule has 6 nitrogen and oxygen atoms in total. The summed E-state index contributed by atoms with van der Waals surface area (Å²) < 4.78 is 1.80. The zero-order valence-corrected chi connectivity index (χ0v) is 17.2. The fourth-order valence-electron chi connectivity index (χ4n) is 3.50. The molecule has 2 heterocycles. The van der Waals surface area contributed by atoms with Crippen LogP contribution in [0, 0.1) is 0 Å². The van der Waals surface area contributed by atoms with E-state index >= 15 is 0 Å². The monoisotopic (exact) mass is 415 g/mol. The van der Waals surface area contributed by atoms with Crippen LogP contribution in [0.15, 0.2) is 78.2 Å². The standard InChI is InChI=1S/C23H21N5OS/c29-21(27(18-11-12-18)14-17-7-3-1-4-8-17)15-30-23-20-13-26-28(22(20)24-16-25-23)19-9-5-2-6-10-19/h1-10,13,16,18H,11-12,14-15H2. The van der Waals surface area contributed by atoms with Crippen molar-refractivity contribution in [3.8, 4) is 5.69 Å². The van der Waals surface area contributed by atoms with Crippen LogP contribution < -0.4 is 0 Å². The SMILES string of the molecule is O=C(CSc1ncnc2c1cnn2-c1ccccc1)N(Cc1ccccc1)C1CC1. The molecule has 0 spiro atoms. The summed E-state index contributed by atoms with van der Waals surface area (Å²) in [5.41, 5.74) is 2.85. The zero-order valence-electron chi connectivity index (χ0n) is 16.4. The third-order valence-corrected chi connectivity index (χ3v) is 6.16. The van der Waals surface area contributed by atoms with Crippen LogP contribution in [0.25, 0.3) is 16.7 Å². The van der Waals surface area contributed by atoms with E-state index in [9.17, 15) is 4.79 Å². The van der Waals surface area contributed by atoms with Crippen LogP contribution in [0.3, 0.4) is 0 Å². The van der Waals surface area contributed by atoms with Crippen molar-refractivity contribution >= 4 is 28.7 Å². The molecule has 0 aliphatic heterocycles. The first-order valence-electron chi connectivity index (χ1n) is 10.00. The van der Waals surface area contributed by atoms with Gasteiger partial charge in [0.15, 0.2) is 5.65 Å². The maximum atomic E-state index is 13.0. The summed E-state index contributed by atoms with van der Waals surface area (Å²) in [5.74, 6) is 0.500. The highest BCUT2D eigenvalue weighted by Crippen LogP contribution is 2.31. The van der Waals surface area contributed by atoms with Crippen LogP contribution in [0.2, 0.25) is 0 Å². The van der Waals surface area contributed by atoms with Gasteiger partial charge >= 0.3 is 0 Å². The Morgan fingerprint density at radius 1 is 1.03 bits per heavy atom. The molecule has 30 heavy (non-hydrogen) atoms. The lowest BCUT2D eigenvalue weighted by Crippen LogP contribution is -2.33. The van der Waals surface area contributed by atoms with Crippen molar-refractivity contribution < 1.29 is 4.79 Å². The Labute approximate surface area is 179 Å². The molecular formula is C23H21N5OS. The summed E-state index contributed by atoms with van der Waals surface area (Å²) in [6.07, 6.45) is 5.49. The number of aromatic nitrogens is 4. The molecule has 4 aromatic rings. The molecule has 1 amide bonds. The normalized spacial score (nSPS) is 13.5. The molecule has 0 N–H and O–H groups in total. The van der Waals surface area contributed by atoms with E-state index in [1.54, 1.807) is 17.2 Å². The molecule has 0 unspecified atom stereocenters. The Bertz CT molecular complexity index is 1160. The first-order chi connectivity index (χ1) is 14.8. The predicted molar refractivity (Wildman–Crippen MR) is 117 cm³/mol. The van der Waals surface area contributed by atoms with Crippen LogP contribution in [-0.4, -0.2) is 42.4 Å². The molecule has 0 saturated heterocycles. The van der Waals surface area contributed by atoms with Crippen LogP contribution >= 0.6 is 11.8 Å². The largest absolute Gasteiger partial charge is 0.335 e. The molecule has 1 saturated carbocycles. The number of hydrogen-bond acceptors (Lipinski definition) is 5. The van der Waals surface area contributed by atoms with E-state index in [-0.39, 0.29) is 5.91 Å². The lowest BCUT2D eigenvalue weighted by atomic mass is 10.2. The van der Waals surface area contributed by atoms with Crippen molar-refractivity contribution in [1.29, 1.82) is 0 Å². The van der Waals surface area contributed by atoms with Crippen LogP contribution in [0.4, 0.5) is 0 Å². The topological polar surface area (TPSA) is 63.9 Å². The van der Waals surface area contributed by atoms with E-state index in [1.165, 1.54) is 11.8 Å². The Morgan fingerprint density at radius 2 is 1.77 bits per heavy atom. The number of para-hydroxylation sites is 1. The van der Waals surface area contributed by atoms with Crippen molar-refractivity contribution in [2.75, 3.05) is 5.75 Å². The number of hydrogen-bond donors (Lipinski definition) is 0. The summed E-state index contributed by atoms with van der Waals surface area (Å²) in [5, 5.41) is 6.13. The number of rotatable bonds is 7. The lowest BCUT2D eigenvalue weighted by Gasteiger charge is -2.22. The minimum Gasteiger partial charge on any atom is -0.335 e. The maximum Gasteiger partial charge on any atom is 0.233 e. The van der Waals surface area contributed by atoms with Crippen molar-refractivity contribution in [1.82, 2.24) is 24.6 Å². The Hall–Kier alpha value is -3.19. The van der Waals surface area contributed by atoms with Gasteiger partial charge in [-0.25, -0.2) is 14.6 Å². The highest BCUT2D eigenvalue weighted by atomic mass is 32.2. The minimum absolute atomic E-state index is 0.147. The number of carbonyl (C=O) groups is 1.